The summed E-state index contributed by atoms with van der Waals surface area (Å²) in [5.41, 5.74) is 3.60. The lowest BCUT2D eigenvalue weighted by Gasteiger charge is -2.11. The number of halogens is 1. The molecule has 0 aliphatic carbocycles. The Morgan fingerprint density at radius 3 is 2.76 bits per heavy atom. The zero-order valence-corrected chi connectivity index (χ0v) is 14.7. The van der Waals surface area contributed by atoms with Gasteiger partial charge in [-0.3, -0.25) is 0 Å². The van der Waals surface area contributed by atoms with Crippen LogP contribution in [0, 0.1) is 19.7 Å². The topological polar surface area (TPSA) is 60.2 Å². The molecule has 1 N–H and O–H groups in total. The first-order chi connectivity index (χ1) is 12.0. The van der Waals surface area contributed by atoms with Gasteiger partial charge in [-0.2, -0.15) is 0 Å². The number of hydrogen-bond donors (Lipinski definition) is 1. The highest BCUT2D eigenvalue weighted by molar-refractivity contribution is 5.91. The zero-order chi connectivity index (χ0) is 18.0. The van der Waals surface area contributed by atoms with Gasteiger partial charge in [0.1, 0.15) is 29.2 Å². The Morgan fingerprint density at radius 2 is 2.08 bits per heavy atom. The van der Waals surface area contributed by atoms with Crippen molar-refractivity contribution in [3.63, 3.8) is 0 Å². The van der Waals surface area contributed by atoms with E-state index in [0.29, 0.717) is 22.7 Å². The molecule has 0 unspecified atom stereocenters. The third-order valence-electron chi connectivity index (χ3n) is 4.09. The summed E-state index contributed by atoms with van der Waals surface area (Å²) in [5, 5.41) is 3.16. The molecule has 0 amide bonds. The Hall–Kier alpha value is -2.89. The van der Waals surface area contributed by atoms with Crippen LogP contribution in [-0.2, 0) is 6.54 Å². The lowest BCUT2D eigenvalue weighted by molar-refractivity contribution is 0.410. The molecule has 130 valence electrons. The number of benzene rings is 1. The van der Waals surface area contributed by atoms with E-state index in [4.69, 9.17) is 9.15 Å². The van der Waals surface area contributed by atoms with Crippen LogP contribution in [0.15, 0.2) is 29.0 Å². The Kier molecular flexibility index (Phi) is 4.70. The maximum Gasteiger partial charge on any atom is 0.195 e. The van der Waals surface area contributed by atoms with Crippen LogP contribution in [0.1, 0.15) is 29.4 Å². The molecule has 0 bridgehead atoms. The molecule has 5 nitrogen and oxygen atoms in total. The van der Waals surface area contributed by atoms with E-state index in [0.717, 1.165) is 22.4 Å². The smallest absolute Gasteiger partial charge is 0.195 e. The van der Waals surface area contributed by atoms with Gasteiger partial charge in [0.2, 0.25) is 0 Å². The van der Waals surface area contributed by atoms with E-state index in [-0.39, 0.29) is 12.4 Å². The Morgan fingerprint density at radius 1 is 1.28 bits per heavy atom. The molecule has 0 fully saturated rings. The molecule has 0 saturated carbocycles. The van der Waals surface area contributed by atoms with Gasteiger partial charge in [0.05, 0.1) is 7.11 Å². The van der Waals surface area contributed by atoms with Gasteiger partial charge in [-0.15, -0.1) is 0 Å². The van der Waals surface area contributed by atoms with E-state index in [9.17, 15) is 4.39 Å². The molecule has 0 atom stereocenters. The second-order valence-electron chi connectivity index (χ2n) is 5.73. The van der Waals surface area contributed by atoms with E-state index in [2.05, 4.69) is 15.3 Å². The molecular weight excluding hydrogens is 321 g/mol. The number of allylic oxidation sites excluding steroid dienone is 1. The second-order valence-corrected chi connectivity index (χ2v) is 5.73. The average Bonchev–Trinajstić information content (AvgIpc) is 2.91. The number of furan rings is 1. The quantitative estimate of drug-likeness (QED) is 0.733. The number of rotatable bonds is 5. The van der Waals surface area contributed by atoms with Gasteiger partial charge in [0.25, 0.3) is 0 Å². The molecule has 0 spiro atoms. The number of nitrogens with one attached hydrogen (secondary N) is 1. The molecule has 0 aliphatic heterocycles. The van der Waals surface area contributed by atoms with E-state index in [1.54, 1.807) is 6.07 Å². The van der Waals surface area contributed by atoms with Gasteiger partial charge in [-0.05, 0) is 32.4 Å². The van der Waals surface area contributed by atoms with E-state index in [1.165, 1.54) is 19.5 Å². The number of aryl methyl sites for hydroxylation is 2. The standard InChI is InChI=1S/C19H20FN3O2/c1-5-6-14-12(3)25-18-17(14)22-10-23-19(18)21-9-15-11(2)7-13(24-4)8-16(15)20/h5-8,10H,9H2,1-4H3,(H,21,22,23)/b6-5-. The number of hydrogen-bond acceptors (Lipinski definition) is 5. The molecular formula is C19H20FN3O2. The van der Waals surface area contributed by atoms with Crippen LogP contribution in [0.4, 0.5) is 10.2 Å². The summed E-state index contributed by atoms with van der Waals surface area (Å²) in [5.74, 6) is 1.49. The first-order valence-electron chi connectivity index (χ1n) is 7.98. The monoisotopic (exact) mass is 341 g/mol. The number of anilines is 1. The lowest BCUT2D eigenvalue weighted by Crippen LogP contribution is -2.06. The largest absolute Gasteiger partial charge is 0.497 e. The molecule has 2 aromatic heterocycles. The first-order valence-corrected chi connectivity index (χ1v) is 7.98. The summed E-state index contributed by atoms with van der Waals surface area (Å²) in [6.07, 6.45) is 5.36. The third kappa shape index (κ3) is 3.20. The number of aromatic nitrogens is 2. The van der Waals surface area contributed by atoms with Crippen molar-refractivity contribution in [2.45, 2.75) is 27.3 Å². The van der Waals surface area contributed by atoms with Crippen molar-refractivity contribution in [1.29, 1.82) is 0 Å². The number of methoxy groups -OCH3 is 1. The minimum absolute atomic E-state index is 0.284. The maximum atomic E-state index is 14.3. The fourth-order valence-electron chi connectivity index (χ4n) is 2.78. The summed E-state index contributed by atoms with van der Waals surface area (Å²) >= 11 is 0. The van der Waals surface area contributed by atoms with Gasteiger partial charge >= 0.3 is 0 Å². The van der Waals surface area contributed by atoms with Crippen molar-refractivity contribution in [2.24, 2.45) is 0 Å². The minimum Gasteiger partial charge on any atom is -0.497 e. The summed E-state index contributed by atoms with van der Waals surface area (Å²) in [6, 6.07) is 3.18. The second kappa shape index (κ2) is 6.93. The van der Waals surface area contributed by atoms with Crippen LogP contribution in [0.3, 0.4) is 0 Å². The Labute approximate surface area is 145 Å². The van der Waals surface area contributed by atoms with E-state index < -0.39 is 0 Å². The van der Waals surface area contributed by atoms with E-state index in [1.807, 2.05) is 32.9 Å². The van der Waals surface area contributed by atoms with Gasteiger partial charge < -0.3 is 14.5 Å². The fraction of sp³-hybridized carbons (Fsp3) is 0.263. The summed E-state index contributed by atoms with van der Waals surface area (Å²) < 4.78 is 25.2. The third-order valence-corrected chi connectivity index (χ3v) is 4.09. The number of nitrogens with zero attached hydrogens (tertiary/aromatic N) is 2. The van der Waals surface area contributed by atoms with Crippen molar-refractivity contribution in [3.8, 4) is 5.75 Å². The predicted molar refractivity (Wildman–Crippen MR) is 96.3 cm³/mol. The molecule has 3 rings (SSSR count). The minimum atomic E-state index is -0.320. The van der Waals surface area contributed by atoms with Gasteiger partial charge in [-0.1, -0.05) is 12.2 Å². The van der Waals surface area contributed by atoms with Crippen molar-refractivity contribution < 1.29 is 13.5 Å². The van der Waals surface area contributed by atoms with Crippen LogP contribution in [0.5, 0.6) is 5.75 Å². The maximum absolute atomic E-state index is 14.3. The average molecular weight is 341 g/mol. The molecule has 2 heterocycles. The number of ether oxygens (including phenoxy) is 1. The van der Waals surface area contributed by atoms with Crippen LogP contribution in [0.25, 0.3) is 17.2 Å². The van der Waals surface area contributed by atoms with Crippen LogP contribution in [0.2, 0.25) is 0 Å². The summed E-state index contributed by atoms with van der Waals surface area (Å²) in [7, 11) is 1.52. The van der Waals surface area contributed by atoms with E-state index >= 15 is 0 Å². The molecule has 1 aromatic carbocycles. The first kappa shape index (κ1) is 17.0. The summed E-state index contributed by atoms with van der Waals surface area (Å²) in [4.78, 5) is 8.55. The van der Waals surface area contributed by atoms with Crippen LogP contribution >= 0.6 is 0 Å². The van der Waals surface area contributed by atoms with Crippen LogP contribution < -0.4 is 10.1 Å². The van der Waals surface area contributed by atoms with Crippen LogP contribution in [-0.4, -0.2) is 17.1 Å². The van der Waals surface area contributed by atoms with Crippen molar-refractivity contribution >= 4 is 23.0 Å². The SMILES string of the molecule is C/C=C\c1c(C)oc2c(NCc3c(C)cc(OC)cc3F)ncnc12. The fourth-order valence-corrected chi connectivity index (χ4v) is 2.78. The molecule has 0 saturated heterocycles. The van der Waals surface area contributed by atoms with Crippen molar-refractivity contribution in [2.75, 3.05) is 12.4 Å². The Balaban J connectivity index is 1.93. The molecule has 0 radical (unpaired) electrons. The van der Waals surface area contributed by atoms with Gasteiger partial charge in [-0.25, -0.2) is 14.4 Å². The molecule has 6 heteroatoms. The summed E-state index contributed by atoms with van der Waals surface area (Å²) in [6.45, 7) is 5.95. The Bertz CT molecular complexity index is 924. The van der Waals surface area contributed by atoms with Gasteiger partial charge in [0.15, 0.2) is 11.4 Å². The van der Waals surface area contributed by atoms with Crippen molar-refractivity contribution in [3.05, 3.63) is 52.8 Å². The highest BCUT2D eigenvalue weighted by atomic mass is 19.1. The molecule has 0 aliphatic rings. The van der Waals surface area contributed by atoms with Crippen molar-refractivity contribution in [1.82, 2.24) is 9.97 Å². The predicted octanol–water partition coefficient (Wildman–Crippen LogP) is 4.63. The molecule has 25 heavy (non-hydrogen) atoms. The normalized spacial score (nSPS) is 11.4. The zero-order valence-electron chi connectivity index (χ0n) is 14.7. The lowest BCUT2D eigenvalue weighted by atomic mass is 10.1. The highest BCUT2D eigenvalue weighted by Gasteiger charge is 2.15. The highest BCUT2D eigenvalue weighted by Crippen LogP contribution is 2.29. The number of fused-ring (bicyclic) bond motifs is 1. The van der Waals surface area contributed by atoms with Gasteiger partial charge in [0, 0.05) is 23.7 Å². The molecule has 3 aromatic rings.